The first-order valence-electron chi connectivity index (χ1n) is 37.7. The molecule has 0 saturated carbocycles. The summed E-state index contributed by atoms with van der Waals surface area (Å²) in [7, 11) is 6.11. The molecule has 2 aliphatic rings. The maximum atomic E-state index is 14.8. The summed E-state index contributed by atoms with van der Waals surface area (Å²) in [6, 6.07) is 9.71. The number of nitrogens with one attached hydrogen (secondary N) is 7. The first-order chi connectivity index (χ1) is 52.5. The van der Waals surface area contributed by atoms with Crippen molar-refractivity contribution < 1.29 is 90.7 Å². The van der Waals surface area contributed by atoms with E-state index >= 15 is 0 Å². The van der Waals surface area contributed by atoms with Crippen molar-refractivity contribution in [3.05, 3.63) is 94.5 Å². The standard InChI is InChI=1S/C77H117N13O19S/c1-48(2)65(85-61(92)30-36-105-38-40-107-42-43-108-41-39-106-37-32-79-60(91)29-35-90-62(93)27-28-63(90)94)72(98)83-56(21-17-31-81-76(78)101)71(97)82-55-25-23-54(24-26-55)47-109-77(102)88(11)68(51(7)8)73(99)86-66(49(3)4)75(100)87(10)67(50(5)6)59(103-12)46-64(95)89-34-18-22-58(89)69(104-13)52(9)70(96)84-57(74-80-33-44-110-74)45-53-19-15-14-16-20-53/h14-16,19-20,23-28,33,44,48-52,56-59,65-69H,17-18,21-22,29-32,34-43,45-47H2,1-13H3,(H,79,91)(H,82,97)(H,83,98)(H,84,96)(H,85,92)(H,86,99)(H3,78,81,101)/t52-,56?,57+,58+,59-,65+,66+,67+,68+,69-/m1/s1. The van der Waals surface area contributed by atoms with E-state index in [1.807, 2.05) is 56.5 Å². The van der Waals surface area contributed by atoms with Gasteiger partial charge in [0.15, 0.2) is 0 Å². The minimum absolute atomic E-state index is 0.00153. The third kappa shape index (κ3) is 30.0. The zero-order chi connectivity index (χ0) is 81.0. The minimum atomic E-state index is -1.13. The second kappa shape index (κ2) is 47.9. The van der Waals surface area contributed by atoms with E-state index in [1.54, 1.807) is 91.1 Å². The molecule has 3 heterocycles. The second-order valence-electron chi connectivity index (χ2n) is 28.6. The minimum Gasteiger partial charge on any atom is -0.445 e. The quantitative estimate of drug-likeness (QED) is 0.0287. The summed E-state index contributed by atoms with van der Waals surface area (Å²) in [5.74, 6) is -6.51. The largest absolute Gasteiger partial charge is 0.445 e. The van der Waals surface area contributed by atoms with Crippen molar-refractivity contribution >= 4 is 88.2 Å². The van der Waals surface area contributed by atoms with E-state index in [0.29, 0.717) is 43.7 Å². The lowest BCUT2D eigenvalue weighted by Crippen LogP contribution is -2.60. The van der Waals surface area contributed by atoms with Crippen molar-refractivity contribution in [2.45, 2.75) is 175 Å². The Labute approximate surface area is 649 Å². The van der Waals surface area contributed by atoms with Crippen molar-refractivity contribution in [1.29, 1.82) is 0 Å². The number of methoxy groups -OCH3 is 2. The number of primary amides is 1. The molecule has 3 aromatic rings. The molecule has 1 saturated heterocycles. The van der Waals surface area contributed by atoms with E-state index in [-0.39, 0.29) is 134 Å². The summed E-state index contributed by atoms with van der Waals surface area (Å²) < 4.78 is 39.9. The summed E-state index contributed by atoms with van der Waals surface area (Å²) in [5.41, 5.74) is 7.16. The topological polar surface area (TPSA) is 406 Å². The molecule has 1 fully saturated rings. The molecule has 13 amide bonds. The van der Waals surface area contributed by atoms with E-state index in [2.05, 4.69) is 42.2 Å². The van der Waals surface area contributed by atoms with Crippen LogP contribution in [-0.4, -0.2) is 252 Å². The van der Waals surface area contributed by atoms with Gasteiger partial charge in [0.25, 0.3) is 11.8 Å². The Bertz CT molecular complexity index is 3440. The number of ether oxygens (including phenoxy) is 7. The van der Waals surface area contributed by atoms with Gasteiger partial charge in [0.05, 0.1) is 95.5 Å². The van der Waals surface area contributed by atoms with Gasteiger partial charge in [-0.05, 0) is 79.0 Å². The third-order valence-corrected chi connectivity index (χ3v) is 19.9. The van der Waals surface area contributed by atoms with Gasteiger partial charge in [-0.15, -0.1) is 11.3 Å². The number of nitrogens with zero attached hydrogens (tertiary/aromatic N) is 5. The zero-order valence-electron chi connectivity index (χ0n) is 65.9. The summed E-state index contributed by atoms with van der Waals surface area (Å²) in [4.78, 5) is 169. The average Bonchev–Trinajstić information content (AvgIpc) is 1.45. The molecule has 33 heteroatoms. The number of rotatable bonds is 50. The number of urea groups is 1. The second-order valence-corrected chi connectivity index (χ2v) is 29.5. The maximum absolute atomic E-state index is 14.8. The Morgan fingerprint density at radius 2 is 1.26 bits per heavy atom. The van der Waals surface area contributed by atoms with Crippen LogP contribution in [-0.2, 0) is 94.1 Å². The first-order valence-corrected chi connectivity index (χ1v) is 38.5. The van der Waals surface area contributed by atoms with Crippen LogP contribution >= 0.6 is 11.3 Å². The van der Waals surface area contributed by atoms with Crippen molar-refractivity contribution in [2.24, 2.45) is 35.3 Å². The van der Waals surface area contributed by atoms with Crippen LogP contribution < -0.4 is 43.0 Å². The number of hydrogen-bond donors (Lipinski definition) is 8. The van der Waals surface area contributed by atoms with Crippen molar-refractivity contribution in [2.75, 3.05) is 113 Å². The van der Waals surface area contributed by atoms with Gasteiger partial charge in [0.1, 0.15) is 35.8 Å². The lowest BCUT2D eigenvalue weighted by Gasteiger charge is -2.40. The zero-order valence-corrected chi connectivity index (χ0v) is 66.7. The monoisotopic (exact) mass is 1560 g/mol. The predicted molar refractivity (Wildman–Crippen MR) is 410 cm³/mol. The molecule has 610 valence electrons. The van der Waals surface area contributed by atoms with Crippen LogP contribution in [0.5, 0.6) is 0 Å². The van der Waals surface area contributed by atoms with Crippen LogP contribution in [0.25, 0.3) is 0 Å². The third-order valence-electron chi connectivity index (χ3n) is 19.0. The number of anilines is 1. The summed E-state index contributed by atoms with van der Waals surface area (Å²) in [5, 5.41) is 22.2. The van der Waals surface area contributed by atoms with Crippen molar-refractivity contribution in [3.8, 4) is 0 Å². The number of amides is 13. The van der Waals surface area contributed by atoms with Crippen LogP contribution in [0.1, 0.15) is 129 Å². The Hall–Kier alpha value is -8.99. The lowest BCUT2D eigenvalue weighted by molar-refractivity contribution is -0.147. The Kier molecular flexibility index (Phi) is 39.9. The van der Waals surface area contributed by atoms with E-state index < -0.39 is 126 Å². The fourth-order valence-corrected chi connectivity index (χ4v) is 13.8. The highest BCUT2D eigenvalue weighted by molar-refractivity contribution is 7.09. The van der Waals surface area contributed by atoms with Gasteiger partial charge in [-0.2, -0.15) is 0 Å². The highest BCUT2D eigenvalue weighted by atomic mass is 32.1. The van der Waals surface area contributed by atoms with Gasteiger partial charge in [-0.1, -0.05) is 105 Å². The van der Waals surface area contributed by atoms with E-state index in [0.717, 1.165) is 27.6 Å². The number of thiazole rings is 1. The molecule has 2 aromatic carbocycles. The van der Waals surface area contributed by atoms with Crippen LogP contribution in [0.3, 0.4) is 0 Å². The Morgan fingerprint density at radius 3 is 1.84 bits per heavy atom. The van der Waals surface area contributed by atoms with Crippen molar-refractivity contribution in [1.82, 2.24) is 56.5 Å². The van der Waals surface area contributed by atoms with Gasteiger partial charge < -0.3 is 85.9 Å². The van der Waals surface area contributed by atoms with Gasteiger partial charge in [0.2, 0.25) is 47.3 Å². The molecule has 1 aromatic heterocycles. The number of carbonyl (C=O) groups is 12. The number of carbonyl (C=O) groups excluding carboxylic acids is 12. The molecule has 0 spiro atoms. The number of likely N-dealkylation sites (N-methyl/N-ethyl adjacent to an activating group) is 2. The summed E-state index contributed by atoms with van der Waals surface area (Å²) >= 11 is 1.46. The van der Waals surface area contributed by atoms with Gasteiger partial charge in [0, 0.05) is 96.8 Å². The first kappa shape index (κ1) is 91.6. The molecule has 32 nitrogen and oxygen atoms in total. The molecule has 0 aliphatic carbocycles. The molecule has 110 heavy (non-hydrogen) atoms. The van der Waals surface area contributed by atoms with Gasteiger partial charge in [-0.25, -0.2) is 14.6 Å². The number of aromatic nitrogens is 1. The van der Waals surface area contributed by atoms with Crippen LogP contribution in [0.4, 0.5) is 15.3 Å². The fourth-order valence-electron chi connectivity index (χ4n) is 13.1. The SMILES string of the molecule is CO[C@H]([C@@H](C)C(=O)N[C@@H](Cc1ccccc1)c1nccs1)[C@@H]1CCCN1C(=O)C[C@@H](OC)[C@H](C(C)C)N(C)C(=O)[C@@H](NC(=O)[C@H](C(C)C)N(C)C(=O)OCc1ccc(NC(=O)C(CCCNC(N)=O)NC(=O)[C@@H](NC(=O)CCOCCOCCOCCOCCNC(=O)CCN2C(=O)C=CC2=O)C(C)C)cc1)C(C)C. The number of likely N-dealkylation sites (tertiary alicyclic amines) is 1. The normalized spacial score (nSPS) is 16.0. The molecule has 1 unspecified atom stereocenters. The highest BCUT2D eigenvalue weighted by Gasteiger charge is 2.44. The smallest absolute Gasteiger partial charge is 0.410 e. The Morgan fingerprint density at radius 1 is 0.636 bits per heavy atom. The molecule has 2 aliphatic heterocycles. The van der Waals surface area contributed by atoms with Crippen LogP contribution in [0, 0.1) is 29.6 Å². The van der Waals surface area contributed by atoms with E-state index in [1.165, 1.54) is 35.3 Å². The average molecular weight is 1560 g/mol. The molecule has 9 N–H and O–H groups in total. The number of benzene rings is 2. The van der Waals surface area contributed by atoms with Crippen LogP contribution in [0.2, 0.25) is 0 Å². The maximum Gasteiger partial charge on any atom is 0.410 e. The molecule has 10 atom stereocenters. The molecular weight excluding hydrogens is 1440 g/mol. The molecular formula is C77H117N13O19S. The van der Waals surface area contributed by atoms with Crippen LogP contribution in [0.15, 0.2) is 78.3 Å². The highest BCUT2D eigenvalue weighted by Crippen LogP contribution is 2.31. The number of hydrogen-bond acceptors (Lipinski definition) is 21. The van der Waals surface area contributed by atoms with Gasteiger partial charge in [-0.3, -0.25) is 57.7 Å². The van der Waals surface area contributed by atoms with E-state index in [9.17, 15) is 57.5 Å². The number of imide groups is 1. The Balaban J connectivity index is 1.07. The summed E-state index contributed by atoms with van der Waals surface area (Å²) in [6.45, 7) is 18.6. The molecule has 0 bridgehead atoms. The fraction of sp³-hybridized carbons (Fsp3) is 0.623. The molecule has 0 radical (unpaired) electrons. The van der Waals surface area contributed by atoms with Gasteiger partial charge >= 0.3 is 12.1 Å². The summed E-state index contributed by atoms with van der Waals surface area (Å²) in [6.07, 6.45) is 3.78. The van der Waals surface area contributed by atoms with E-state index in [4.69, 9.17) is 38.9 Å². The predicted octanol–water partition coefficient (Wildman–Crippen LogP) is 4.41. The molecule has 5 rings (SSSR count). The lowest BCUT2D eigenvalue weighted by atomic mass is 9.91. The number of nitrogens with two attached hydrogens (primary N) is 1. The van der Waals surface area contributed by atoms with Crippen molar-refractivity contribution in [3.63, 3.8) is 0 Å².